The summed E-state index contributed by atoms with van der Waals surface area (Å²) in [4.78, 5) is 0. The lowest BCUT2D eigenvalue weighted by Gasteiger charge is -2.17. The molecule has 5 nitrogen and oxygen atoms in total. The Kier molecular flexibility index (Phi) is 5.58. The summed E-state index contributed by atoms with van der Waals surface area (Å²) in [6.07, 6.45) is 2.04. The molecule has 1 aromatic rings. The molecule has 0 aliphatic carbocycles. The van der Waals surface area contributed by atoms with Gasteiger partial charge in [-0.3, -0.25) is 0 Å². The minimum absolute atomic E-state index is 0.159. The van der Waals surface area contributed by atoms with E-state index in [0.29, 0.717) is 13.1 Å². The number of nitrogens with one attached hydrogen (secondary N) is 2. The molecule has 1 unspecified atom stereocenters. The third kappa shape index (κ3) is 5.48. The van der Waals surface area contributed by atoms with E-state index in [-0.39, 0.29) is 11.8 Å². The van der Waals surface area contributed by atoms with Crippen LogP contribution in [-0.4, -0.2) is 32.9 Å². The second kappa shape index (κ2) is 6.72. The molecule has 0 bridgehead atoms. The van der Waals surface area contributed by atoms with E-state index in [0.717, 1.165) is 18.2 Å². The number of aromatic hydroxyl groups is 1. The molecule has 0 saturated heterocycles. The van der Waals surface area contributed by atoms with Gasteiger partial charge in [-0.25, -0.2) is 13.1 Å². The van der Waals surface area contributed by atoms with Crippen LogP contribution >= 0.6 is 0 Å². The summed E-state index contributed by atoms with van der Waals surface area (Å²) in [5.41, 5.74) is 1.08. The average Bonchev–Trinajstić information content (AvgIpc) is 2.29. The summed E-state index contributed by atoms with van der Waals surface area (Å²) in [6.45, 7) is 2.98. The Labute approximate surface area is 108 Å². The van der Waals surface area contributed by atoms with E-state index in [1.54, 1.807) is 12.1 Å². The lowest BCUT2D eigenvalue weighted by Crippen LogP contribution is -2.32. The molecule has 0 aliphatic heterocycles. The first-order chi connectivity index (χ1) is 8.42. The normalized spacial score (nSPS) is 13.4. The van der Waals surface area contributed by atoms with Gasteiger partial charge in [0.15, 0.2) is 0 Å². The van der Waals surface area contributed by atoms with Crippen LogP contribution < -0.4 is 10.0 Å². The summed E-state index contributed by atoms with van der Waals surface area (Å²) in [7, 11) is -3.12. The number of hydrogen-bond acceptors (Lipinski definition) is 4. The Morgan fingerprint density at radius 2 is 1.83 bits per heavy atom. The fourth-order valence-corrected chi connectivity index (χ4v) is 2.16. The summed E-state index contributed by atoms with van der Waals surface area (Å²) < 4.78 is 24.2. The van der Waals surface area contributed by atoms with Crippen LogP contribution in [0.25, 0.3) is 0 Å². The summed E-state index contributed by atoms with van der Waals surface area (Å²) in [5, 5.41) is 12.5. The average molecular weight is 272 g/mol. The van der Waals surface area contributed by atoms with Gasteiger partial charge in [-0.05, 0) is 24.1 Å². The summed E-state index contributed by atoms with van der Waals surface area (Å²) >= 11 is 0. The van der Waals surface area contributed by atoms with Gasteiger partial charge in [0, 0.05) is 19.1 Å². The van der Waals surface area contributed by atoms with Crippen LogP contribution in [0, 0.1) is 0 Å². The fourth-order valence-electron chi connectivity index (χ4n) is 1.69. The summed E-state index contributed by atoms with van der Waals surface area (Å²) in [6, 6.07) is 7.18. The van der Waals surface area contributed by atoms with Crippen LogP contribution in [0.15, 0.2) is 24.3 Å². The van der Waals surface area contributed by atoms with Crippen molar-refractivity contribution in [2.45, 2.75) is 19.4 Å². The predicted molar refractivity (Wildman–Crippen MR) is 72.0 cm³/mol. The molecule has 102 valence electrons. The monoisotopic (exact) mass is 272 g/mol. The van der Waals surface area contributed by atoms with Gasteiger partial charge in [0.05, 0.1) is 6.26 Å². The van der Waals surface area contributed by atoms with E-state index in [2.05, 4.69) is 17.0 Å². The Bertz CT molecular complexity index is 457. The highest BCUT2D eigenvalue weighted by Gasteiger charge is 2.08. The molecular formula is C12H20N2O3S. The van der Waals surface area contributed by atoms with Gasteiger partial charge in [-0.2, -0.15) is 0 Å². The van der Waals surface area contributed by atoms with Crippen molar-refractivity contribution in [3.05, 3.63) is 29.8 Å². The van der Waals surface area contributed by atoms with Crippen LogP contribution in [0.1, 0.15) is 24.9 Å². The lowest BCUT2D eigenvalue weighted by atomic mass is 10.0. The van der Waals surface area contributed by atoms with Gasteiger partial charge in [-0.1, -0.05) is 19.1 Å². The third-order valence-electron chi connectivity index (χ3n) is 2.58. The summed E-state index contributed by atoms with van der Waals surface area (Å²) in [5.74, 6) is 0.243. The second-order valence-corrected chi connectivity index (χ2v) is 6.01. The van der Waals surface area contributed by atoms with Crippen molar-refractivity contribution in [1.29, 1.82) is 0 Å². The molecule has 1 aromatic carbocycles. The van der Waals surface area contributed by atoms with Gasteiger partial charge >= 0.3 is 0 Å². The molecule has 6 heteroatoms. The topological polar surface area (TPSA) is 78.4 Å². The van der Waals surface area contributed by atoms with Crippen molar-refractivity contribution in [1.82, 2.24) is 10.0 Å². The van der Waals surface area contributed by atoms with Gasteiger partial charge in [0.2, 0.25) is 10.0 Å². The molecule has 0 radical (unpaired) electrons. The highest BCUT2D eigenvalue weighted by molar-refractivity contribution is 7.88. The molecule has 1 rings (SSSR count). The zero-order valence-corrected chi connectivity index (χ0v) is 11.5. The molecule has 0 amide bonds. The molecule has 3 N–H and O–H groups in total. The zero-order valence-electron chi connectivity index (χ0n) is 10.7. The molecule has 0 heterocycles. The molecule has 18 heavy (non-hydrogen) atoms. The van der Waals surface area contributed by atoms with E-state index in [1.807, 2.05) is 12.1 Å². The van der Waals surface area contributed by atoms with Gasteiger partial charge < -0.3 is 10.4 Å². The van der Waals surface area contributed by atoms with E-state index in [1.165, 1.54) is 0 Å². The fraction of sp³-hybridized carbons (Fsp3) is 0.500. The first-order valence-corrected chi connectivity index (χ1v) is 7.78. The van der Waals surface area contributed by atoms with Crippen LogP contribution in [-0.2, 0) is 10.0 Å². The molecular weight excluding hydrogens is 252 g/mol. The highest BCUT2D eigenvalue weighted by Crippen LogP contribution is 2.18. The minimum atomic E-state index is -3.12. The van der Waals surface area contributed by atoms with E-state index < -0.39 is 10.0 Å². The van der Waals surface area contributed by atoms with E-state index in [4.69, 9.17) is 0 Å². The van der Waals surface area contributed by atoms with Crippen molar-refractivity contribution in [3.8, 4) is 5.75 Å². The lowest BCUT2D eigenvalue weighted by molar-refractivity contribution is 0.473. The molecule has 0 aliphatic rings. The van der Waals surface area contributed by atoms with E-state index >= 15 is 0 Å². The number of hydrogen-bond donors (Lipinski definition) is 3. The second-order valence-electron chi connectivity index (χ2n) is 4.17. The molecule has 0 saturated carbocycles. The van der Waals surface area contributed by atoms with Crippen LogP contribution in [0.5, 0.6) is 5.75 Å². The van der Waals surface area contributed by atoms with Crippen molar-refractivity contribution in [3.63, 3.8) is 0 Å². The van der Waals surface area contributed by atoms with E-state index in [9.17, 15) is 13.5 Å². The molecule has 0 fully saturated rings. The van der Waals surface area contributed by atoms with Crippen molar-refractivity contribution >= 4 is 10.0 Å². The predicted octanol–water partition coefficient (Wildman–Crippen LogP) is 0.982. The first kappa shape index (κ1) is 14.9. The minimum Gasteiger partial charge on any atom is -0.508 e. The third-order valence-corrected chi connectivity index (χ3v) is 3.31. The van der Waals surface area contributed by atoms with Gasteiger partial charge in [-0.15, -0.1) is 0 Å². The van der Waals surface area contributed by atoms with Gasteiger partial charge in [0.1, 0.15) is 5.75 Å². The highest BCUT2D eigenvalue weighted by atomic mass is 32.2. The number of benzene rings is 1. The Morgan fingerprint density at radius 1 is 1.22 bits per heavy atom. The maximum absolute atomic E-state index is 10.9. The van der Waals surface area contributed by atoms with Crippen LogP contribution in [0.4, 0.5) is 0 Å². The molecule has 0 spiro atoms. The number of rotatable bonds is 7. The quantitative estimate of drug-likeness (QED) is 0.647. The SMILES string of the molecule is CCC(NCCNS(C)(=O)=O)c1ccc(O)cc1. The van der Waals surface area contributed by atoms with Crippen molar-refractivity contribution in [2.75, 3.05) is 19.3 Å². The molecule has 1 atom stereocenters. The zero-order chi connectivity index (χ0) is 13.6. The Balaban J connectivity index is 2.45. The smallest absolute Gasteiger partial charge is 0.208 e. The van der Waals surface area contributed by atoms with Crippen LogP contribution in [0.3, 0.4) is 0 Å². The number of sulfonamides is 1. The van der Waals surface area contributed by atoms with Crippen LogP contribution in [0.2, 0.25) is 0 Å². The Morgan fingerprint density at radius 3 is 2.33 bits per heavy atom. The maximum atomic E-state index is 10.9. The van der Waals surface area contributed by atoms with Crippen molar-refractivity contribution in [2.24, 2.45) is 0 Å². The largest absolute Gasteiger partial charge is 0.508 e. The first-order valence-electron chi connectivity index (χ1n) is 5.89. The maximum Gasteiger partial charge on any atom is 0.208 e. The number of phenolic OH excluding ortho intramolecular Hbond substituents is 1. The standard InChI is InChI=1S/C12H20N2O3S/c1-3-12(10-4-6-11(15)7-5-10)13-8-9-14-18(2,16)17/h4-7,12-15H,3,8-9H2,1-2H3. The number of phenols is 1. The van der Waals surface area contributed by atoms with Gasteiger partial charge in [0.25, 0.3) is 0 Å². The molecule has 0 aromatic heterocycles. The van der Waals surface area contributed by atoms with Crippen molar-refractivity contribution < 1.29 is 13.5 Å². The Hall–Kier alpha value is -1.11.